The molecule has 0 saturated carbocycles. The predicted octanol–water partition coefficient (Wildman–Crippen LogP) is 3.92. The van der Waals surface area contributed by atoms with Crippen LogP contribution < -0.4 is 5.32 Å². The van der Waals surface area contributed by atoms with E-state index < -0.39 is 0 Å². The second-order valence-corrected chi connectivity index (χ2v) is 6.59. The van der Waals surface area contributed by atoms with Crippen LogP contribution in [0, 0.1) is 6.92 Å². The maximum Gasteiger partial charge on any atom is 0.272 e. The maximum absolute atomic E-state index is 12.6. The van der Waals surface area contributed by atoms with E-state index in [1.165, 1.54) is 6.42 Å². The highest BCUT2D eigenvalue weighted by molar-refractivity contribution is 9.10. The highest BCUT2D eigenvalue weighted by Gasteiger charge is 2.20. The Balaban J connectivity index is 1.80. The van der Waals surface area contributed by atoms with Gasteiger partial charge >= 0.3 is 0 Å². The van der Waals surface area contributed by atoms with E-state index in [2.05, 4.69) is 31.2 Å². The number of anilines is 2. The highest BCUT2D eigenvalue weighted by Crippen LogP contribution is 2.19. The van der Waals surface area contributed by atoms with E-state index in [-0.39, 0.29) is 5.91 Å². The highest BCUT2D eigenvalue weighted by atomic mass is 79.9. The van der Waals surface area contributed by atoms with E-state index in [4.69, 9.17) is 0 Å². The van der Waals surface area contributed by atoms with Gasteiger partial charge in [-0.05, 0) is 50.5 Å². The van der Waals surface area contributed by atoms with Crippen LogP contribution in [0.4, 0.5) is 11.5 Å². The molecule has 2 aromatic rings. The number of carbonyl (C=O) groups excluding carboxylic acids is 1. The standard InChI is InChI=1S/C17H19BrN4O/c1-12-19-15(17(23)22-9-3-2-4-10-22)11-16(20-12)21-14-7-5-13(18)6-8-14/h5-8,11H,2-4,9-10H2,1H3,(H,19,20,21). The van der Waals surface area contributed by atoms with E-state index in [9.17, 15) is 4.79 Å². The number of nitrogens with one attached hydrogen (secondary N) is 1. The molecule has 1 saturated heterocycles. The number of hydrogen-bond donors (Lipinski definition) is 1. The number of aromatic nitrogens is 2. The summed E-state index contributed by atoms with van der Waals surface area (Å²) < 4.78 is 1.02. The average molecular weight is 375 g/mol. The first-order valence-corrected chi connectivity index (χ1v) is 8.59. The van der Waals surface area contributed by atoms with E-state index in [0.717, 1.165) is 36.1 Å². The van der Waals surface area contributed by atoms with Crippen molar-refractivity contribution in [3.05, 3.63) is 46.3 Å². The van der Waals surface area contributed by atoms with Crippen molar-refractivity contribution in [2.24, 2.45) is 0 Å². The predicted molar refractivity (Wildman–Crippen MR) is 93.9 cm³/mol. The van der Waals surface area contributed by atoms with Gasteiger partial charge in [-0.15, -0.1) is 0 Å². The summed E-state index contributed by atoms with van der Waals surface area (Å²) in [6, 6.07) is 9.54. The second kappa shape index (κ2) is 7.08. The molecule has 3 rings (SSSR count). The molecule has 1 aliphatic heterocycles. The molecule has 5 nitrogen and oxygen atoms in total. The van der Waals surface area contributed by atoms with Crippen molar-refractivity contribution in [1.29, 1.82) is 0 Å². The van der Waals surface area contributed by atoms with Crippen LogP contribution in [0.1, 0.15) is 35.6 Å². The summed E-state index contributed by atoms with van der Waals surface area (Å²) in [7, 11) is 0. The number of carbonyl (C=O) groups is 1. The minimum Gasteiger partial charge on any atom is -0.340 e. The topological polar surface area (TPSA) is 58.1 Å². The zero-order valence-electron chi connectivity index (χ0n) is 13.1. The van der Waals surface area contributed by atoms with Crippen LogP contribution in [0.2, 0.25) is 0 Å². The summed E-state index contributed by atoms with van der Waals surface area (Å²) in [6.07, 6.45) is 3.34. The van der Waals surface area contributed by atoms with Crippen LogP contribution in [-0.4, -0.2) is 33.9 Å². The van der Waals surface area contributed by atoms with Gasteiger partial charge in [-0.3, -0.25) is 4.79 Å². The van der Waals surface area contributed by atoms with Gasteiger partial charge in [0.2, 0.25) is 0 Å². The molecule has 1 aromatic heterocycles. The molecule has 0 aliphatic carbocycles. The van der Waals surface area contributed by atoms with Crippen molar-refractivity contribution >= 4 is 33.3 Å². The Hall–Kier alpha value is -1.95. The molecule has 1 amide bonds. The van der Waals surface area contributed by atoms with E-state index in [1.807, 2.05) is 29.2 Å². The summed E-state index contributed by atoms with van der Waals surface area (Å²) in [4.78, 5) is 23.2. The van der Waals surface area contributed by atoms with Crippen molar-refractivity contribution in [3.8, 4) is 0 Å². The molecule has 0 bridgehead atoms. The van der Waals surface area contributed by atoms with Crippen molar-refractivity contribution in [2.75, 3.05) is 18.4 Å². The number of piperidine rings is 1. The molecule has 0 radical (unpaired) electrons. The van der Waals surface area contributed by atoms with Crippen LogP contribution >= 0.6 is 15.9 Å². The van der Waals surface area contributed by atoms with Gasteiger partial charge in [-0.1, -0.05) is 15.9 Å². The van der Waals surface area contributed by atoms with Crippen LogP contribution in [0.3, 0.4) is 0 Å². The van der Waals surface area contributed by atoms with Crippen molar-refractivity contribution in [3.63, 3.8) is 0 Å². The Bertz CT molecular complexity index is 696. The molecular weight excluding hydrogens is 356 g/mol. The number of halogens is 1. The number of aryl methyl sites for hydroxylation is 1. The van der Waals surface area contributed by atoms with E-state index in [0.29, 0.717) is 17.3 Å². The van der Waals surface area contributed by atoms with Gasteiger partial charge in [0, 0.05) is 29.3 Å². The first-order valence-electron chi connectivity index (χ1n) is 7.79. The molecule has 23 heavy (non-hydrogen) atoms. The van der Waals surface area contributed by atoms with Gasteiger partial charge in [0.25, 0.3) is 5.91 Å². The Kier molecular flexibility index (Phi) is 4.91. The lowest BCUT2D eigenvalue weighted by Crippen LogP contribution is -2.36. The lowest BCUT2D eigenvalue weighted by Gasteiger charge is -2.26. The zero-order valence-corrected chi connectivity index (χ0v) is 14.6. The fourth-order valence-electron chi connectivity index (χ4n) is 2.68. The Morgan fingerprint density at radius 1 is 1.13 bits per heavy atom. The second-order valence-electron chi connectivity index (χ2n) is 5.67. The number of nitrogens with zero attached hydrogens (tertiary/aromatic N) is 3. The molecular formula is C17H19BrN4O. The molecule has 0 atom stereocenters. The Labute approximate surface area is 144 Å². The number of rotatable bonds is 3. The summed E-state index contributed by atoms with van der Waals surface area (Å²) in [5.41, 5.74) is 1.38. The first-order chi connectivity index (χ1) is 11.1. The van der Waals surface area contributed by atoms with Crippen molar-refractivity contribution < 1.29 is 4.79 Å². The third-order valence-corrected chi connectivity index (χ3v) is 4.35. The van der Waals surface area contributed by atoms with Gasteiger partial charge in [-0.2, -0.15) is 0 Å². The summed E-state index contributed by atoms with van der Waals surface area (Å²) in [5.74, 6) is 1.22. The minimum atomic E-state index is -0.00550. The quantitative estimate of drug-likeness (QED) is 0.884. The molecule has 0 unspecified atom stereocenters. The molecule has 1 fully saturated rings. The minimum absolute atomic E-state index is 0.00550. The smallest absolute Gasteiger partial charge is 0.272 e. The average Bonchev–Trinajstić information content (AvgIpc) is 2.56. The molecule has 120 valence electrons. The number of likely N-dealkylation sites (tertiary alicyclic amines) is 1. The van der Waals surface area contributed by atoms with Gasteiger partial charge in [0.1, 0.15) is 17.3 Å². The van der Waals surface area contributed by atoms with Crippen LogP contribution in [0.15, 0.2) is 34.8 Å². The lowest BCUT2D eigenvalue weighted by molar-refractivity contribution is 0.0718. The maximum atomic E-state index is 12.6. The van der Waals surface area contributed by atoms with Gasteiger partial charge < -0.3 is 10.2 Å². The third kappa shape index (κ3) is 4.07. The first kappa shape index (κ1) is 15.9. The fraction of sp³-hybridized carbons (Fsp3) is 0.353. The normalized spacial score (nSPS) is 14.6. The number of benzene rings is 1. The monoisotopic (exact) mass is 374 g/mol. The molecule has 1 N–H and O–H groups in total. The Morgan fingerprint density at radius 2 is 1.83 bits per heavy atom. The lowest BCUT2D eigenvalue weighted by atomic mass is 10.1. The van der Waals surface area contributed by atoms with Gasteiger partial charge in [0.05, 0.1) is 0 Å². The van der Waals surface area contributed by atoms with Crippen molar-refractivity contribution in [2.45, 2.75) is 26.2 Å². The molecule has 1 aliphatic rings. The molecule has 0 spiro atoms. The van der Waals surface area contributed by atoms with Crippen LogP contribution in [0.5, 0.6) is 0 Å². The zero-order chi connectivity index (χ0) is 16.2. The van der Waals surface area contributed by atoms with Crippen LogP contribution in [-0.2, 0) is 0 Å². The number of hydrogen-bond acceptors (Lipinski definition) is 4. The summed E-state index contributed by atoms with van der Waals surface area (Å²) >= 11 is 3.41. The number of amides is 1. The molecule has 2 heterocycles. The Morgan fingerprint density at radius 3 is 2.52 bits per heavy atom. The van der Waals surface area contributed by atoms with Gasteiger partial charge in [0.15, 0.2) is 0 Å². The van der Waals surface area contributed by atoms with E-state index >= 15 is 0 Å². The fourth-order valence-corrected chi connectivity index (χ4v) is 2.95. The van der Waals surface area contributed by atoms with Crippen molar-refractivity contribution in [1.82, 2.24) is 14.9 Å². The molecule has 6 heteroatoms. The molecule has 1 aromatic carbocycles. The van der Waals surface area contributed by atoms with E-state index in [1.54, 1.807) is 13.0 Å². The van der Waals surface area contributed by atoms with Gasteiger partial charge in [-0.25, -0.2) is 9.97 Å². The van der Waals surface area contributed by atoms with Crippen LogP contribution in [0.25, 0.3) is 0 Å². The largest absolute Gasteiger partial charge is 0.340 e. The summed E-state index contributed by atoms with van der Waals surface area (Å²) in [5, 5.41) is 3.23. The summed E-state index contributed by atoms with van der Waals surface area (Å²) in [6.45, 7) is 3.44. The third-order valence-electron chi connectivity index (χ3n) is 3.82. The SMILES string of the molecule is Cc1nc(Nc2ccc(Br)cc2)cc(C(=O)N2CCCCC2)n1.